The number of nitrogens with zero attached hydrogens (tertiary/aromatic N) is 1. The van der Waals surface area contributed by atoms with Crippen LogP contribution in [0.2, 0.25) is 0 Å². The molecule has 0 bridgehead atoms. The number of esters is 1. The van der Waals surface area contributed by atoms with Crippen molar-refractivity contribution < 1.29 is 29.0 Å². The van der Waals surface area contributed by atoms with Crippen LogP contribution in [-0.4, -0.2) is 72.6 Å². The number of rotatable bonds is 12. The van der Waals surface area contributed by atoms with Gasteiger partial charge in [-0.15, -0.1) is 0 Å². The summed E-state index contributed by atoms with van der Waals surface area (Å²) in [4.78, 5) is 51.9. The van der Waals surface area contributed by atoms with Crippen molar-refractivity contribution in [1.29, 1.82) is 0 Å². The van der Waals surface area contributed by atoms with Crippen molar-refractivity contribution in [1.82, 2.24) is 15.5 Å². The van der Waals surface area contributed by atoms with Gasteiger partial charge >= 0.3 is 11.9 Å². The van der Waals surface area contributed by atoms with Crippen LogP contribution in [0.1, 0.15) is 61.0 Å². The van der Waals surface area contributed by atoms with Gasteiger partial charge in [0.15, 0.2) is 6.61 Å². The van der Waals surface area contributed by atoms with E-state index in [-0.39, 0.29) is 23.3 Å². The maximum absolute atomic E-state index is 13.8. The number of hydrogen-bond donors (Lipinski definition) is 3. The van der Waals surface area contributed by atoms with Crippen molar-refractivity contribution in [3.8, 4) is 0 Å². The lowest BCUT2D eigenvalue weighted by Gasteiger charge is -2.40. The lowest BCUT2D eigenvalue weighted by molar-refractivity contribution is -0.152. The molecule has 0 fully saturated rings. The minimum atomic E-state index is -1.25. The fourth-order valence-electron chi connectivity index (χ4n) is 4.40. The van der Waals surface area contributed by atoms with Gasteiger partial charge in [0.25, 0.3) is 0 Å². The molecule has 9 nitrogen and oxygen atoms in total. The predicted molar refractivity (Wildman–Crippen MR) is 147 cm³/mol. The van der Waals surface area contributed by atoms with E-state index >= 15 is 0 Å². The normalized spacial score (nSPS) is 14.9. The third kappa shape index (κ3) is 8.68. The average Bonchev–Trinajstić information content (AvgIpc) is 2.83. The fraction of sp³-hybridized carbons (Fsp3) is 0.586. The molecule has 2 amide bonds. The van der Waals surface area contributed by atoms with Gasteiger partial charge in [-0.25, -0.2) is 9.59 Å². The molecule has 3 atom stereocenters. The molecule has 0 heterocycles. The fourth-order valence-corrected chi connectivity index (χ4v) is 4.40. The third-order valence-electron chi connectivity index (χ3n) is 6.74. The van der Waals surface area contributed by atoms with Crippen molar-refractivity contribution >= 4 is 23.8 Å². The molecule has 9 heteroatoms. The van der Waals surface area contributed by atoms with Gasteiger partial charge in [-0.2, -0.15) is 0 Å². The van der Waals surface area contributed by atoms with E-state index in [2.05, 4.69) is 10.6 Å². The van der Waals surface area contributed by atoms with Crippen LogP contribution in [-0.2, 0) is 29.3 Å². The molecule has 0 saturated heterocycles. The third-order valence-corrected chi connectivity index (χ3v) is 6.74. The Bertz CT molecular complexity index is 1010. The molecular weight excluding hydrogens is 486 g/mol. The number of aliphatic carboxylic acids is 1. The van der Waals surface area contributed by atoms with Crippen LogP contribution in [0.5, 0.6) is 0 Å². The molecule has 38 heavy (non-hydrogen) atoms. The lowest BCUT2D eigenvalue weighted by atomic mass is 9.76. The van der Waals surface area contributed by atoms with Gasteiger partial charge in [-0.05, 0) is 30.9 Å². The Hall–Kier alpha value is -3.20. The number of ether oxygens (including phenoxy) is 1. The molecule has 0 radical (unpaired) electrons. The Morgan fingerprint density at radius 2 is 1.58 bits per heavy atom. The first-order valence-corrected chi connectivity index (χ1v) is 12.8. The van der Waals surface area contributed by atoms with Gasteiger partial charge < -0.3 is 25.4 Å². The van der Waals surface area contributed by atoms with E-state index in [1.165, 1.54) is 11.8 Å². The summed E-state index contributed by atoms with van der Waals surface area (Å²) in [5.74, 6) is -2.70. The second-order valence-electron chi connectivity index (χ2n) is 11.6. The Labute approximate surface area is 227 Å². The van der Waals surface area contributed by atoms with Crippen molar-refractivity contribution in [3.05, 3.63) is 47.5 Å². The summed E-state index contributed by atoms with van der Waals surface area (Å²) in [6.07, 6.45) is 1.60. The number of amides is 2. The number of nitrogens with one attached hydrogen (secondary N) is 2. The van der Waals surface area contributed by atoms with Gasteiger partial charge in [0.05, 0.1) is 12.1 Å². The number of benzene rings is 1. The van der Waals surface area contributed by atoms with E-state index in [0.29, 0.717) is 0 Å². The monoisotopic (exact) mass is 531 g/mol. The zero-order valence-electron chi connectivity index (χ0n) is 24.4. The summed E-state index contributed by atoms with van der Waals surface area (Å²) >= 11 is 0. The van der Waals surface area contributed by atoms with E-state index in [0.717, 1.165) is 5.56 Å². The average molecular weight is 532 g/mol. The summed E-state index contributed by atoms with van der Waals surface area (Å²) in [5.41, 5.74) is 0.00619. The van der Waals surface area contributed by atoms with Crippen LogP contribution in [0.25, 0.3) is 0 Å². The molecule has 0 saturated carbocycles. The number of carboxylic acids is 1. The molecule has 0 aliphatic heterocycles. The highest BCUT2D eigenvalue weighted by atomic mass is 16.5. The van der Waals surface area contributed by atoms with Gasteiger partial charge in [0.1, 0.15) is 6.04 Å². The van der Waals surface area contributed by atoms with Crippen molar-refractivity contribution in [3.63, 3.8) is 0 Å². The number of hydrogen-bond acceptors (Lipinski definition) is 6. The molecule has 0 aliphatic rings. The van der Waals surface area contributed by atoms with Crippen molar-refractivity contribution in [2.45, 2.75) is 78.9 Å². The smallest absolute Gasteiger partial charge is 0.341 e. The number of carbonyl (C=O) groups is 4. The summed E-state index contributed by atoms with van der Waals surface area (Å²) in [6, 6.07) is 7.76. The van der Waals surface area contributed by atoms with Crippen LogP contribution in [0.15, 0.2) is 42.0 Å². The molecule has 1 rings (SSSR count). The molecule has 212 valence electrons. The molecule has 0 unspecified atom stereocenters. The van der Waals surface area contributed by atoms with Crippen LogP contribution in [0, 0.1) is 11.3 Å². The van der Waals surface area contributed by atoms with Gasteiger partial charge in [0, 0.05) is 18.0 Å². The number of carbonyl (C=O) groups excluding carboxylic acids is 3. The van der Waals surface area contributed by atoms with Crippen LogP contribution >= 0.6 is 0 Å². The predicted octanol–water partition coefficient (Wildman–Crippen LogP) is 3.14. The van der Waals surface area contributed by atoms with Crippen LogP contribution in [0.4, 0.5) is 0 Å². The SMILES string of the molecule is CN[C@H](C(=O)N[C@H](C(=O)N(C)[C@H](C=C(C)C(=O)OCC(=O)O)C(C)C)C(C)(C)C)C(C)(C)c1ccccc1. The van der Waals surface area contributed by atoms with Gasteiger partial charge in [-0.3, -0.25) is 9.59 Å². The molecule has 1 aromatic carbocycles. The first-order chi connectivity index (χ1) is 17.4. The summed E-state index contributed by atoms with van der Waals surface area (Å²) in [7, 11) is 3.36. The number of carboxylic acid groups (broad SMARTS) is 1. The highest BCUT2D eigenvalue weighted by Crippen LogP contribution is 2.29. The Morgan fingerprint density at radius 3 is 2.03 bits per heavy atom. The molecular formula is C29H45N3O6. The van der Waals surface area contributed by atoms with E-state index in [1.807, 2.05) is 78.8 Å². The standard InChI is InChI=1S/C29H45N3O6/c1-18(2)21(16-19(3)27(37)38-17-22(33)34)32(10)26(36)24(28(4,5)6)31-25(35)23(30-9)29(7,8)20-14-12-11-13-15-20/h11-16,18,21,23-24,30H,17H2,1-10H3,(H,31,35)(H,33,34)/t21-,23-,24-/m1/s1. The largest absolute Gasteiger partial charge is 0.479 e. The lowest BCUT2D eigenvalue weighted by Crippen LogP contribution is -2.61. The Morgan fingerprint density at radius 1 is 1.03 bits per heavy atom. The maximum atomic E-state index is 13.8. The van der Waals surface area contributed by atoms with E-state index < -0.39 is 47.5 Å². The zero-order valence-corrected chi connectivity index (χ0v) is 24.4. The summed E-state index contributed by atoms with van der Waals surface area (Å²) in [5, 5.41) is 14.9. The number of likely N-dealkylation sites (N-methyl/N-ethyl adjacent to an activating group) is 2. The minimum Gasteiger partial charge on any atom is -0.479 e. The summed E-state index contributed by atoms with van der Waals surface area (Å²) < 4.78 is 4.77. The molecule has 0 aromatic heterocycles. The highest BCUT2D eigenvalue weighted by Gasteiger charge is 2.41. The Kier molecular flexibility index (Phi) is 11.7. The van der Waals surface area contributed by atoms with Crippen molar-refractivity contribution in [2.24, 2.45) is 11.3 Å². The highest BCUT2D eigenvalue weighted by molar-refractivity contribution is 5.92. The van der Waals surface area contributed by atoms with E-state index in [9.17, 15) is 19.2 Å². The van der Waals surface area contributed by atoms with Gasteiger partial charge in [0.2, 0.25) is 11.8 Å². The van der Waals surface area contributed by atoms with Gasteiger partial charge in [-0.1, -0.05) is 84.9 Å². The molecule has 0 spiro atoms. The van der Waals surface area contributed by atoms with Crippen molar-refractivity contribution in [2.75, 3.05) is 20.7 Å². The summed E-state index contributed by atoms with van der Waals surface area (Å²) in [6.45, 7) is 14.2. The minimum absolute atomic E-state index is 0.0791. The second-order valence-corrected chi connectivity index (χ2v) is 11.6. The first kappa shape index (κ1) is 32.8. The topological polar surface area (TPSA) is 125 Å². The second kappa shape index (κ2) is 13.6. The van der Waals surface area contributed by atoms with E-state index in [4.69, 9.17) is 9.84 Å². The van der Waals surface area contributed by atoms with E-state index in [1.54, 1.807) is 20.2 Å². The molecule has 1 aromatic rings. The maximum Gasteiger partial charge on any atom is 0.341 e. The first-order valence-electron chi connectivity index (χ1n) is 12.8. The zero-order chi connectivity index (χ0) is 29.4. The molecule has 0 aliphatic carbocycles. The van der Waals surface area contributed by atoms with Crippen LogP contribution < -0.4 is 10.6 Å². The quantitative estimate of drug-likeness (QED) is 0.280. The Balaban J connectivity index is 3.26. The van der Waals surface area contributed by atoms with Crippen LogP contribution in [0.3, 0.4) is 0 Å². The molecule has 3 N–H and O–H groups in total.